The molecule has 1 fully saturated rings. The molecule has 0 saturated carbocycles. The van der Waals surface area contributed by atoms with Crippen molar-refractivity contribution in [1.29, 1.82) is 0 Å². The summed E-state index contributed by atoms with van der Waals surface area (Å²) in [6.07, 6.45) is -0.661. The zero-order valence-corrected chi connectivity index (χ0v) is 33.7. The number of halogens is 2. The van der Waals surface area contributed by atoms with E-state index in [9.17, 15) is 4.79 Å². The number of hydrogen-bond donors (Lipinski definition) is 0. The van der Waals surface area contributed by atoms with Crippen LogP contribution in [0.5, 0.6) is 5.75 Å². The number of carbonyl (C=O) groups is 1. The van der Waals surface area contributed by atoms with Gasteiger partial charge in [0.15, 0.2) is 0 Å². The minimum absolute atomic E-state index is 0.275. The molecule has 1 unspecified atom stereocenters. The van der Waals surface area contributed by atoms with Crippen molar-refractivity contribution in [1.82, 2.24) is 5.06 Å². The fourth-order valence-electron chi connectivity index (χ4n) is 5.87. The normalized spacial score (nSPS) is 14.0. The Labute approximate surface area is 302 Å². The summed E-state index contributed by atoms with van der Waals surface area (Å²) >= 11 is -1.94. The van der Waals surface area contributed by atoms with Gasteiger partial charge in [-0.05, 0) is 45.9 Å². The van der Waals surface area contributed by atoms with Crippen molar-refractivity contribution >= 4 is 41.3 Å². The Bertz CT molecular complexity index is 1420. The van der Waals surface area contributed by atoms with Crippen molar-refractivity contribution in [2.75, 3.05) is 37.0 Å². The first kappa shape index (κ1) is 40.0. The van der Waals surface area contributed by atoms with Gasteiger partial charge in [0.2, 0.25) is 0 Å². The summed E-state index contributed by atoms with van der Waals surface area (Å²) < 4.78 is 7.41. The fraction of sp³-hybridized carbons (Fsp3) is 0.462. The van der Waals surface area contributed by atoms with Gasteiger partial charge in [-0.1, -0.05) is 91.8 Å². The molecular formula is C39H54Cl2N3O3Ru-. The van der Waals surface area contributed by atoms with Gasteiger partial charge in [0.1, 0.15) is 0 Å². The minimum atomic E-state index is -1.94. The molecule has 3 aromatic rings. The van der Waals surface area contributed by atoms with Gasteiger partial charge in [-0.25, -0.2) is 0 Å². The van der Waals surface area contributed by atoms with Crippen LogP contribution in [0.4, 0.5) is 11.4 Å². The quantitative estimate of drug-likeness (QED) is 0.110. The van der Waals surface area contributed by atoms with E-state index in [2.05, 4.69) is 108 Å². The van der Waals surface area contributed by atoms with Gasteiger partial charge in [-0.3, -0.25) is 0 Å². The summed E-state index contributed by atoms with van der Waals surface area (Å²) in [5.74, 6) is 2.36. The number of hydroxylamine groups is 2. The average Bonchev–Trinajstić information content (AvgIpc) is 3.53. The summed E-state index contributed by atoms with van der Waals surface area (Å²) in [5.41, 5.74) is 9.46. The standard InChI is InChI=1S/C27H39N2.C12H15NO3.2ClH.Ru/c1-18(2)22-11-9-12-23(19(3)4)26(22)28-15-16-29(17-28)27-24(20(5)6)13-10-14-25(27)21(7)8;1-9-7-5-6-8-11(9)16-10(2)12(14)13(3)15-4;;;/h9-14,17-21H,15-16H2,1-8H3;1,5-8,10H,2-4H3;2*1H;/q-1;;;;+2/p-2. The third-order valence-electron chi connectivity index (χ3n) is 8.46. The van der Waals surface area contributed by atoms with Gasteiger partial charge in [0.05, 0.1) is 0 Å². The third kappa shape index (κ3) is 10.3. The predicted molar refractivity (Wildman–Crippen MR) is 201 cm³/mol. The van der Waals surface area contributed by atoms with Crippen molar-refractivity contribution in [2.45, 2.75) is 92.1 Å². The Kier molecular flexibility index (Phi) is 15.4. The summed E-state index contributed by atoms with van der Waals surface area (Å²) in [6, 6.07) is 21.0. The number of hydrogen-bond acceptors (Lipinski definition) is 5. The molecule has 9 heteroatoms. The molecule has 1 amide bonds. The molecule has 0 N–H and O–H groups in total. The van der Waals surface area contributed by atoms with E-state index in [1.807, 2.05) is 18.2 Å². The maximum atomic E-state index is 11.8. The van der Waals surface area contributed by atoms with Crippen LogP contribution in [0.1, 0.15) is 114 Å². The van der Waals surface area contributed by atoms with E-state index in [-0.39, 0.29) is 5.91 Å². The molecular weight excluding hydrogens is 730 g/mol. The monoisotopic (exact) mass is 784 g/mol. The van der Waals surface area contributed by atoms with E-state index in [1.54, 1.807) is 17.6 Å². The molecule has 0 spiro atoms. The number of amides is 1. The second-order valence-corrected chi connectivity index (χ2v) is 19.0. The first-order valence-corrected chi connectivity index (χ1v) is 22.2. The fourth-order valence-corrected chi connectivity index (χ4v) is 7.67. The number of benzene rings is 3. The Morgan fingerprint density at radius 1 is 0.750 bits per heavy atom. The first-order chi connectivity index (χ1) is 22.7. The summed E-state index contributed by atoms with van der Waals surface area (Å²) in [5, 5.41) is 1.12. The second kappa shape index (κ2) is 18.5. The number of para-hydroxylation sites is 3. The molecule has 0 bridgehead atoms. The Balaban J connectivity index is 0.000000286. The topological polar surface area (TPSA) is 45.2 Å². The molecule has 0 aromatic heterocycles. The van der Waals surface area contributed by atoms with Crippen molar-refractivity contribution in [3.05, 3.63) is 95.1 Å². The third-order valence-corrected chi connectivity index (χ3v) is 10.3. The molecule has 3 aromatic carbocycles. The summed E-state index contributed by atoms with van der Waals surface area (Å²) in [4.78, 5) is 21.7. The van der Waals surface area contributed by atoms with E-state index >= 15 is 0 Å². The molecule has 6 nitrogen and oxygen atoms in total. The summed E-state index contributed by atoms with van der Waals surface area (Å²) in [7, 11) is 14.7. The first-order valence-electron chi connectivity index (χ1n) is 16.7. The van der Waals surface area contributed by atoms with Gasteiger partial charge in [-0.15, -0.1) is 0 Å². The molecule has 1 atom stereocenters. The van der Waals surface area contributed by atoms with E-state index in [4.69, 9.17) is 29.0 Å². The maximum absolute atomic E-state index is 11.8. The van der Waals surface area contributed by atoms with Gasteiger partial charge in [0, 0.05) is 24.5 Å². The van der Waals surface area contributed by atoms with Crippen molar-refractivity contribution < 1.29 is 27.9 Å². The number of likely N-dealkylation sites (N-methyl/N-ethyl adjacent to an activating group) is 1. The molecule has 48 heavy (non-hydrogen) atoms. The van der Waals surface area contributed by atoms with Crippen LogP contribution in [-0.4, -0.2) is 48.9 Å². The Hall–Kier alpha value is -2.44. The molecule has 0 aliphatic carbocycles. The zero-order chi connectivity index (χ0) is 35.7. The van der Waals surface area contributed by atoms with Crippen molar-refractivity contribution in [3.63, 3.8) is 0 Å². The van der Waals surface area contributed by atoms with Crippen LogP contribution < -0.4 is 14.5 Å². The molecule has 1 saturated heterocycles. The van der Waals surface area contributed by atoms with Crippen LogP contribution in [0.15, 0.2) is 60.7 Å². The van der Waals surface area contributed by atoms with Crippen LogP contribution in [0.25, 0.3) is 0 Å². The zero-order valence-electron chi connectivity index (χ0n) is 30.4. The van der Waals surface area contributed by atoms with E-state index in [0.29, 0.717) is 29.4 Å². The molecule has 266 valence electrons. The SMILES string of the molecule is CC(C)c1cccc(C(C)C)c1N1[CH-]N(c2c(C(C)C)cccc2C(C)C)CC1.CON(C)C(=O)C(C)Oc1ccccc1[CH]=[Ru]([Cl])[Cl]. The van der Waals surface area contributed by atoms with Gasteiger partial charge in [0.25, 0.3) is 0 Å². The molecule has 1 aliphatic heterocycles. The molecule has 4 rings (SSSR count). The van der Waals surface area contributed by atoms with E-state index < -0.39 is 19.6 Å². The van der Waals surface area contributed by atoms with Crippen LogP contribution in [0.2, 0.25) is 0 Å². The number of rotatable bonds is 11. The van der Waals surface area contributed by atoms with Crippen LogP contribution in [0, 0.1) is 6.67 Å². The van der Waals surface area contributed by atoms with Crippen LogP contribution in [-0.2, 0) is 23.2 Å². The number of anilines is 2. The Morgan fingerprint density at radius 2 is 1.17 bits per heavy atom. The summed E-state index contributed by atoms with van der Waals surface area (Å²) in [6.45, 7) is 24.6. The molecule has 1 aliphatic rings. The van der Waals surface area contributed by atoms with Crippen LogP contribution in [0.3, 0.4) is 0 Å². The van der Waals surface area contributed by atoms with Crippen LogP contribution >= 0.6 is 19.4 Å². The van der Waals surface area contributed by atoms with Crippen molar-refractivity contribution in [3.8, 4) is 5.75 Å². The van der Waals surface area contributed by atoms with Gasteiger partial charge in [-0.2, -0.15) is 6.67 Å². The number of carbonyl (C=O) groups excluding carboxylic acids is 1. The molecule has 0 radical (unpaired) electrons. The Morgan fingerprint density at radius 3 is 1.54 bits per heavy atom. The van der Waals surface area contributed by atoms with E-state index in [0.717, 1.165) is 23.7 Å². The predicted octanol–water partition coefficient (Wildman–Crippen LogP) is 10.2. The van der Waals surface area contributed by atoms with E-state index in [1.165, 1.54) is 47.8 Å². The van der Waals surface area contributed by atoms with Gasteiger partial charge < -0.3 is 9.80 Å². The number of ether oxygens (including phenoxy) is 1. The number of nitrogens with zero attached hydrogens (tertiary/aromatic N) is 3. The average molecular weight is 785 g/mol. The molecule has 1 heterocycles. The van der Waals surface area contributed by atoms with Crippen molar-refractivity contribution in [2.24, 2.45) is 0 Å². The van der Waals surface area contributed by atoms with Gasteiger partial charge >= 0.3 is 126 Å². The second-order valence-electron chi connectivity index (χ2n) is 13.3.